The third-order valence-electron chi connectivity index (χ3n) is 5.96. The van der Waals surface area contributed by atoms with Gasteiger partial charge in [-0.15, -0.1) is 0 Å². The normalized spacial score (nSPS) is 11.5. The lowest BCUT2D eigenvalue weighted by atomic mass is 10.1. The third-order valence-corrected chi connectivity index (χ3v) is 9.38. The van der Waals surface area contributed by atoms with E-state index in [-0.39, 0.29) is 5.97 Å². The summed E-state index contributed by atoms with van der Waals surface area (Å²) in [7, 11) is -1.07. The van der Waals surface area contributed by atoms with Gasteiger partial charge in [0.15, 0.2) is 0 Å². The summed E-state index contributed by atoms with van der Waals surface area (Å²) in [6.45, 7) is 10.6. The van der Waals surface area contributed by atoms with Crippen LogP contribution in [0.2, 0.25) is 25.2 Å². The number of carbonyl (C=O) groups excluding carboxylic acids is 1. The predicted octanol–water partition coefficient (Wildman–Crippen LogP) is 8.29. The van der Waals surface area contributed by atoms with E-state index in [2.05, 4.69) is 25.3 Å². The van der Waals surface area contributed by atoms with Crippen molar-refractivity contribution in [1.82, 2.24) is 0 Å². The van der Waals surface area contributed by atoms with Crippen molar-refractivity contribution in [1.29, 1.82) is 0 Å². The molecule has 0 spiro atoms. The molecular formula is C26H47NO2Si. The first-order valence-electron chi connectivity index (χ1n) is 12.5. The van der Waals surface area contributed by atoms with Crippen molar-refractivity contribution in [2.75, 3.05) is 18.5 Å². The molecule has 0 aliphatic carbocycles. The Morgan fingerprint density at radius 3 is 1.90 bits per heavy atom. The first kappa shape index (κ1) is 26.7. The fourth-order valence-electron chi connectivity index (χ4n) is 3.95. The van der Waals surface area contributed by atoms with Gasteiger partial charge >= 0.3 is 5.97 Å². The van der Waals surface area contributed by atoms with Crippen LogP contribution in [0.5, 0.6) is 0 Å². The second-order valence-electron chi connectivity index (χ2n) is 9.42. The van der Waals surface area contributed by atoms with Crippen molar-refractivity contribution in [3.05, 3.63) is 29.8 Å². The highest BCUT2D eigenvalue weighted by Gasteiger charge is 2.19. The highest BCUT2D eigenvalue weighted by atomic mass is 28.3. The molecule has 0 unspecified atom stereocenters. The first-order valence-corrected chi connectivity index (χ1v) is 15.9. The number of esters is 1. The molecule has 0 saturated heterocycles. The van der Waals surface area contributed by atoms with E-state index in [4.69, 9.17) is 4.74 Å². The SMILES string of the molecule is CCCCCCCCCCCC[Si](C)(C)CCCNc1ccc(C(=O)OCC)cc1. The van der Waals surface area contributed by atoms with Crippen molar-refractivity contribution in [3.8, 4) is 0 Å². The van der Waals surface area contributed by atoms with Crippen LogP contribution >= 0.6 is 0 Å². The number of carbonyl (C=O) groups is 1. The smallest absolute Gasteiger partial charge is 0.338 e. The van der Waals surface area contributed by atoms with Gasteiger partial charge in [-0.25, -0.2) is 4.79 Å². The maximum absolute atomic E-state index is 11.7. The van der Waals surface area contributed by atoms with Gasteiger partial charge in [0, 0.05) is 20.3 Å². The molecule has 0 atom stereocenters. The Hall–Kier alpha value is -1.29. The van der Waals surface area contributed by atoms with Crippen LogP contribution in [0.1, 0.15) is 94.8 Å². The van der Waals surface area contributed by atoms with E-state index in [0.717, 1.165) is 12.2 Å². The molecule has 1 N–H and O–H groups in total. The molecule has 1 aromatic rings. The molecule has 0 fully saturated rings. The monoisotopic (exact) mass is 433 g/mol. The van der Waals surface area contributed by atoms with Gasteiger partial charge in [-0.3, -0.25) is 0 Å². The number of hydrogen-bond donors (Lipinski definition) is 1. The van der Waals surface area contributed by atoms with Gasteiger partial charge in [-0.2, -0.15) is 0 Å². The van der Waals surface area contributed by atoms with Gasteiger partial charge in [0.25, 0.3) is 0 Å². The van der Waals surface area contributed by atoms with Crippen LogP contribution < -0.4 is 5.32 Å². The molecule has 1 aromatic carbocycles. The standard InChI is InChI=1S/C26H47NO2Si/c1-5-7-8-9-10-11-12-13-14-15-22-30(3,4)23-16-21-27-25-19-17-24(18-20-25)26(28)29-6-2/h17-20,27H,5-16,21-23H2,1-4H3. The number of hydrogen-bond acceptors (Lipinski definition) is 3. The summed E-state index contributed by atoms with van der Waals surface area (Å²) in [6, 6.07) is 10.5. The summed E-state index contributed by atoms with van der Waals surface area (Å²) in [5.74, 6) is -0.247. The Labute approximate surface area is 187 Å². The van der Waals surface area contributed by atoms with Gasteiger partial charge in [-0.1, -0.05) is 96.3 Å². The zero-order valence-electron chi connectivity index (χ0n) is 20.2. The van der Waals surface area contributed by atoms with E-state index in [1.54, 1.807) is 0 Å². The second-order valence-corrected chi connectivity index (χ2v) is 14.8. The molecule has 172 valence electrons. The van der Waals surface area contributed by atoms with Crippen molar-refractivity contribution in [2.45, 2.75) is 110 Å². The summed E-state index contributed by atoms with van der Waals surface area (Å²) >= 11 is 0. The van der Waals surface area contributed by atoms with E-state index in [0.29, 0.717) is 12.2 Å². The lowest BCUT2D eigenvalue weighted by molar-refractivity contribution is 0.0526. The van der Waals surface area contributed by atoms with Crippen LogP contribution in [0.25, 0.3) is 0 Å². The summed E-state index contributed by atoms with van der Waals surface area (Å²) in [5, 5.41) is 3.49. The van der Waals surface area contributed by atoms with Crippen LogP contribution in [0, 0.1) is 0 Å². The quantitative estimate of drug-likeness (QED) is 0.144. The minimum atomic E-state index is -1.07. The fourth-order valence-corrected chi connectivity index (χ4v) is 6.55. The lowest BCUT2D eigenvalue weighted by Crippen LogP contribution is -2.25. The van der Waals surface area contributed by atoms with Crippen LogP contribution in [-0.4, -0.2) is 27.2 Å². The average molecular weight is 434 g/mol. The van der Waals surface area contributed by atoms with E-state index < -0.39 is 8.07 Å². The third kappa shape index (κ3) is 13.1. The molecule has 0 radical (unpaired) electrons. The van der Waals surface area contributed by atoms with Gasteiger partial charge in [0.05, 0.1) is 12.2 Å². The molecule has 3 nitrogen and oxygen atoms in total. The molecule has 0 aliphatic heterocycles. The molecule has 0 aliphatic rings. The number of anilines is 1. The zero-order valence-corrected chi connectivity index (χ0v) is 21.2. The molecule has 30 heavy (non-hydrogen) atoms. The molecule has 0 amide bonds. The predicted molar refractivity (Wildman–Crippen MR) is 134 cm³/mol. The highest BCUT2D eigenvalue weighted by molar-refractivity contribution is 6.77. The molecule has 4 heteroatoms. The van der Waals surface area contributed by atoms with Gasteiger partial charge in [0.2, 0.25) is 0 Å². The summed E-state index contributed by atoms with van der Waals surface area (Å²) in [6.07, 6.45) is 15.5. The molecular weight excluding hydrogens is 386 g/mol. The molecule has 0 heterocycles. The fraction of sp³-hybridized carbons (Fsp3) is 0.731. The van der Waals surface area contributed by atoms with Crippen molar-refractivity contribution >= 4 is 19.7 Å². The molecule has 1 rings (SSSR count). The lowest BCUT2D eigenvalue weighted by Gasteiger charge is -2.22. The van der Waals surface area contributed by atoms with Crippen LogP contribution in [0.4, 0.5) is 5.69 Å². The zero-order chi connectivity index (χ0) is 22.1. The molecule has 0 bridgehead atoms. The minimum absolute atomic E-state index is 0.247. The van der Waals surface area contributed by atoms with Crippen LogP contribution in [-0.2, 0) is 4.74 Å². The van der Waals surface area contributed by atoms with Crippen molar-refractivity contribution in [2.24, 2.45) is 0 Å². The second kappa shape index (κ2) is 16.4. The Morgan fingerprint density at radius 1 is 0.800 bits per heavy atom. The number of rotatable bonds is 18. The molecule has 0 aromatic heterocycles. The average Bonchev–Trinajstić information content (AvgIpc) is 2.73. The summed E-state index contributed by atoms with van der Waals surface area (Å²) < 4.78 is 5.03. The van der Waals surface area contributed by atoms with Crippen molar-refractivity contribution in [3.63, 3.8) is 0 Å². The largest absolute Gasteiger partial charge is 0.462 e. The Balaban J connectivity index is 2.07. The van der Waals surface area contributed by atoms with Gasteiger partial charge < -0.3 is 10.1 Å². The van der Waals surface area contributed by atoms with Gasteiger partial charge in [0.1, 0.15) is 0 Å². The minimum Gasteiger partial charge on any atom is -0.462 e. The summed E-state index contributed by atoms with van der Waals surface area (Å²) in [5.41, 5.74) is 1.70. The summed E-state index contributed by atoms with van der Waals surface area (Å²) in [4.78, 5) is 11.7. The van der Waals surface area contributed by atoms with E-state index in [1.165, 1.54) is 82.7 Å². The van der Waals surface area contributed by atoms with Crippen LogP contribution in [0.15, 0.2) is 24.3 Å². The number of benzene rings is 1. The Morgan fingerprint density at radius 2 is 1.33 bits per heavy atom. The van der Waals surface area contributed by atoms with E-state index >= 15 is 0 Å². The van der Waals surface area contributed by atoms with Crippen molar-refractivity contribution < 1.29 is 9.53 Å². The number of nitrogens with one attached hydrogen (secondary N) is 1. The van der Waals surface area contributed by atoms with E-state index in [1.807, 2.05) is 31.2 Å². The molecule has 0 saturated carbocycles. The Kier molecular flexibility index (Phi) is 14.6. The van der Waals surface area contributed by atoms with Gasteiger partial charge in [-0.05, 0) is 37.6 Å². The first-order chi connectivity index (χ1) is 14.5. The maximum atomic E-state index is 11.7. The Bertz CT molecular complexity index is 557. The van der Waals surface area contributed by atoms with E-state index in [9.17, 15) is 4.79 Å². The topological polar surface area (TPSA) is 38.3 Å². The highest BCUT2D eigenvalue weighted by Crippen LogP contribution is 2.22. The van der Waals surface area contributed by atoms with Crippen LogP contribution in [0.3, 0.4) is 0 Å². The number of unbranched alkanes of at least 4 members (excludes halogenated alkanes) is 9. The number of ether oxygens (including phenoxy) is 1. The maximum Gasteiger partial charge on any atom is 0.338 e.